The van der Waals surface area contributed by atoms with E-state index < -0.39 is 0 Å². The predicted octanol–water partition coefficient (Wildman–Crippen LogP) is 1.76. The number of hydrogen-bond acceptors (Lipinski definition) is 3. The molecule has 2 bridgehead atoms. The number of aromatic hydroxyl groups is 2. The minimum absolute atomic E-state index is 0.0935. The lowest BCUT2D eigenvalue weighted by atomic mass is 9.73. The molecule has 4 rings (SSSR count). The third-order valence-corrected chi connectivity index (χ3v) is 3.40. The van der Waals surface area contributed by atoms with Gasteiger partial charge < -0.3 is 10.2 Å². The van der Waals surface area contributed by atoms with Gasteiger partial charge in [0.15, 0.2) is 6.19 Å². The highest BCUT2D eigenvalue weighted by molar-refractivity contribution is 5.57. The quantitative estimate of drug-likeness (QED) is 0.630. The Morgan fingerprint density at radius 1 is 1.13 bits per heavy atom. The van der Waals surface area contributed by atoms with E-state index in [2.05, 4.69) is 12.2 Å². The van der Waals surface area contributed by atoms with Gasteiger partial charge in [-0.3, -0.25) is 0 Å². The maximum Gasteiger partial charge on any atom is 0.211 e. The third-order valence-electron chi connectivity index (χ3n) is 3.40. The minimum Gasteiger partial charge on any atom is -0.493 e. The molecule has 1 aromatic heterocycles. The molecule has 1 heterocycles. The van der Waals surface area contributed by atoms with E-state index in [1.165, 1.54) is 0 Å². The Labute approximate surface area is 86.7 Å². The number of hydrogen-bond donors (Lipinski definition) is 2. The summed E-state index contributed by atoms with van der Waals surface area (Å²) in [5, 5.41) is 28.5. The molecule has 4 heteroatoms. The zero-order valence-corrected chi connectivity index (χ0v) is 8.01. The van der Waals surface area contributed by atoms with Crippen molar-refractivity contribution in [2.75, 3.05) is 0 Å². The summed E-state index contributed by atoms with van der Waals surface area (Å²) in [6.45, 7) is 0. The van der Waals surface area contributed by atoms with Gasteiger partial charge in [0.2, 0.25) is 11.8 Å². The van der Waals surface area contributed by atoms with Gasteiger partial charge in [0, 0.05) is 23.0 Å². The average Bonchev–Trinajstić information content (AvgIpc) is 2.55. The minimum atomic E-state index is -0.0935. The molecule has 0 aromatic carbocycles. The van der Waals surface area contributed by atoms with E-state index in [0.29, 0.717) is 0 Å². The van der Waals surface area contributed by atoms with Gasteiger partial charge in [0.05, 0.1) is 0 Å². The number of nitrogens with zero attached hydrogens (tertiary/aromatic N) is 2. The predicted molar refractivity (Wildman–Crippen MR) is 52.6 cm³/mol. The van der Waals surface area contributed by atoms with E-state index in [4.69, 9.17) is 5.26 Å². The van der Waals surface area contributed by atoms with E-state index in [-0.39, 0.29) is 23.6 Å². The molecule has 0 radical (unpaired) electrons. The zero-order chi connectivity index (χ0) is 10.6. The van der Waals surface area contributed by atoms with Crippen LogP contribution in [0.4, 0.5) is 0 Å². The van der Waals surface area contributed by atoms with Gasteiger partial charge in [-0.15, -0.1) is 0 Å². The molecule has 0 fully saturated rings. The first kappa shape index (κ1) is 8.42. The third kappa shape index (κ3) is 0.852. The molecule has 0 saturated heterocycles. The Bertz CT molecular complexity index is 470. The monoisotopic (exact) mass is 202 g/mol. The van der Waals surface area contributed by atoms with Gasteiger partial charge in [-0.1, -0.05) is 12.2 Å². The maximum absolute atomic E-state index is 9.82. The second-order valence-corrected chi connectivity index (χ2v) is 4.09. The number of nitriles is 1. The molecule has 0 amide bonds. The molecular formula is C11H10N2O2. The van der Waals surface area contributed by atoms with Crippen molar-refractivity contribution in [2.24, 2.45) is 0 Å². The van der Waals surface area contributed by atoms with Crippen molar-refractivity contribution < 1.29 is 10.2 Å². The number of fused-ring (bicyclic) bond motifs is 1. The normalized spacial score (nSPS) is 26.3. The molecule has 0 saturated carbocycles. The second kappa shape index (κ2) is 2.57. The van der Waals surface area contributed by atoms with Crippen LogP contribution in [0.1, 0.15) is 35.8 Å². The summed E-state index contributed by atoms with van der Waals surface area (Å²) in [6, 6.07) is 0. The smallest absolute Gasteiger partial charge is 0.211 e. The van der Waals surface area contributed by atoms with Crippen LogP contribution in [-0.2, 0) is 0 Å². The van der Waals surface area contributed by atoms with E-state index in [0.717, 1.165) is 28.5 Å². The fourth-order valence-corrected chi connectivity index (χ4v) is 2.71. The molecule has 3 aliphatic rings. The van der Waals surface area contributed by atoms with Crippen LogP contribution in [0.25, 0.3) is 0 Å². The molecule has 4 nitrogen and oxygen atoms in total. The van der Waals surface area contributed by atoms with Gasteiger partial charge in [-0.05, 0) is 12.8 Å². The fourth-order valence-electron chi connectivity index (χ4n) is 2.71. The van der Waals surface area contributed by atoms with Gasteiger partial charge in [-0.25, -0.2) is 0 Å². The van der Waals surface area contributed by atoms with Crippen LogP contribution in [0.3, 0.4) is 0 Å². The SMILES string of the molecule is N#Cn1c(O)c2c(c1O)C1C=CC2CC1. The van der Waals surface area contributed by atoms with Crippen molar-refractivity contribution in [3.8, 4) is 18.0 Å². The first-order valence-electron chi connectivity index (χ1n) is 4.99. The molecule has 2 N–H and O–H groups in total. The van der Waals surface area contributed by atoms with Crippen molar-refractivity contribution in [1.29, 1.82) is 5.26 Å². The van der Waals surface area contributed by atoms with Crippen molar-refractivity contribution in [2.45, 2.75) is 24.7 Å². The summed E-state index contributed by atoms with van der Waals surface area (Å²) in [4.78, 5) is 0. The molecule has 1 aromatic rings. The van der Waals surface area contributed by atoms with Crippen molar-refractivity contribution >= 4 is 0 Å². The molecular weight excluding hydrogens is 192 g/mol. The van der Waals surface area contributed by atoms with Crippen LogP contribution >= 0.6 is 0 Å². The molecule has 2 unspecified atom stereocenters. The summed E-state index contributed by atoms with van der Waals surface area (Å²) in [5.41, 5.74) is 1.49. The number of allylic oxidation sites excluding steroid dienone is 2. The van der Waals surface area contributed by atoms with Gasteiger partial charge in [0.25, 0.3) is 0 Å². The van der Waals surface area contributed by atoms with Crippen LogP contribution in [0, 0.1) is 11.5 Å². The Morgan fingerprint density at radius 3 is 1.93 bits per heavy atom. The van der Waals surface area contributed by atoms with Crippen molar-refractivity contribution in [1.82, 2.24) is 4.57 Å². The summed E-state index contributed by atoms with van der Waals surface area (Å²) in [7, 11) is 0. The lowest BCUT2D eigenvalue weighted by Gasteiger charge is -2.30. The molecule has 15 heavy (non-hydrogen) atoms. The van der Waals surface area contributed by atoms with E-state index in [1.54, 1.807) is 6.19 Å². The van der Waals surface area contributed by atoms with Crippen molar-refractivity contribution in [3.63, 3.8) is 0 Å². The summed E-state index contributed by atoms with van der Waals surface area (Å²) >= 11 is 0. The first-order valence-corrected chi connectivity index (χ1v) is 4.99. The lowest BCUT2D eigenvalue weighted by molar-refractivity contribution is 0.401. The molecule has 0 spiro atoms. The largest absolute Gasteiger partial charge is 0.493 e. The van der Waals surface area contributed by atoms with Gasteiger partial charge in [-0.2, -0.15) is 9.83 Å². The van der Waals surface area contributed by atoms with Gasteiger partial charge in [0.1, 0.15) is 0 Å². The number of rotatable bonds is 0. The van der Waals surface area contributed by atoms with E-state index in [1.807, 2.05) is 0 Å². The zero-order valence-electron chi connectivity index (χ0n) is 8.01. The number of aromatic nitrogens is 1. The highest BCUT2D eigenvalue weighted by atomic mass is 16.3. The van der Waals surface area contributed by atoms with E-state index >= 15 is 0 Å². The maximum atomic E-state index is 9.82. The van der Waals surface area contributed by atoms with E-state index in [9.17, 15) is 10.2 Å². The summed E-state index contributed by atoms with van der Waals surface area (Å²) in [6.07, 6.45) is 7.85. The molecule has 0 aliphatic heterocycles. The highest BCUT2D eigenvalue weighted by Gasteiger charge is 2.37. The second-order valence-electron chi connectivity index (χ2n) is 4.09. The summed E-state index contributed by atoms with van der Waals surface area (Å²) < 4.78 is 0.906. The fraction of sp³-hybridized carbons (Fsp3) is 0.364. The Balaban J connectivity index is 2.34. The molecule has 76 valence electrons. The van der Waals surface area contributed by atoms with Crippen LogP contribution in [-0.4, -0.2) is 14.8 Å². The highest BCUT2D eigenvalue weighted by Crippen LogP contribution is 2.53. The standard InChI is InChI=1S/C11H10N2O2/c12-5-13-10(14)8-6-1-2-7(4-3-6)9(8)11(13)15/h1-2,6-7,14-15H,3-4H2. The Morgan fingerprint density at radius 2 is 1.60 bits per heavy atom. The van der Waals surface area contributed by atoms with Crippen molar-refractivity contribution in [3.05, 3.63) is 23.3 Å². The van der Waals surface area contributed by atoms with Crippen LogP contribution in [0.5, 0.6) is 11.8 Å². The first-order chi connectivity index (χ1) is 7.24. The topological polar surface area (TPSA) is 69.2 Å². The molecule has 3 aliphatic carbocycles. The van der Waals surface area contributed by atoms with Crippen LogP contribution in [0.15, 0.2) is 12.2 Å². The Hall–Kier alpha value is -1.89. The van der Waals surface area contributed by atoms with Crippen LogP contribution < -0.4 is 0 Å². The summed E-state index contributed by atoms with van der Waals surface area (Å²) in [5.74, 6) is 0.129. The van der Waals surface area contributed by atoms with Gasteiger partial charge >= 0.3 is 0 Å². The molecule has 2 atom stereocenters. The Kier molecular flexibility index (Phi) is 1.44. The van der Waals surface area contributed by atoms with Crippen LogP contribution in [0.2, 0.25) is 0 Å². The average molecular weight is 202 g/mol. The lowest BCUT2D eigenvalue weighted by Crippen LogP contribution is -2.15.